The summed E-state index contributed by atoms with van der Waals surface area (Å²) >= 11 is 6.01. The minimum atomic E-state index is -3.52. The number of sulfone groups is 1. The smallest absolute Gasteiger partial charge is 0.239 e. The van der Waals surface area contributed by atoms with Crippen LogP contribution in [-0.2, 0) is 14.6 Å². The number of benzene rings is 1. The molecule has 0 radical (unpaired) electrons. The minimum absolute atomic E-state index is 0.0180. The van der Waals surface area contributed by atoms with Crippen molar-refractivity contribution in [3.8, 4) is 5.75 Å². The van der Waals surface area contributed by atoms with Crippen molar-refractivity contribution < 1.29 is 17.9 Å². The highest BCUT2D eigenvalue weighted by Gasteiger charge is 2.22. The molecule has 0 saturated carbocycles. The maximum absolute atomic E-state index is 12.2. The van der Waals surface area contributed by atoms with Crippen LogP contribution in [0.25, 0.3) is 0 Å². The molecule has 6 nitrogen and oxygen atoms in total. The van der Waals surface area contributed by atoms with Gasteiger partial charge in [0, 0.05) is 17.3 Å². The zero-order valence-electron chi connectivity index (χ0n) is 15.5. The first-order valence-electron chi connectivity index (χ1n) is 8.08. The molecule has 142 valence electrons. The van der Waals surface area contributed by atoms with Gasteiger partial charge in [0.15, 0.2) is 15.6 Å². The molecule has 0 aliphatic heterocycles. The van der Waals surface area contributed by atoms with Crippen molar-refractivity contribution in [2.75, 3.05) is 25.2 Å². The third-order valence-electron chi connectivity index (χ3n) is 3.83. The largest absolute Gasteiger partial charge is 0.493 e. The molecule has 1 amide bonds. The molecule has 0 aromatic heterocycles. The standard InChI is InChI=1S/C17H27ClN2O4S/c1-10(2)16(11(3)4)20-15(21)9-19-13-7-12(18)8-14(17(13)24-5)25(6,22)23/h7-8,10-11,16,19H,9H2,1-6H3,(H,20,21). The lowest BCUT2D eigenvalue weighted by Gasteiger charge is -2.26. The van der Waals surface area contributed by atoms with Crippen molar-refractivity contribution in [3.63, 3.8) is 0 Å². The van der Waals surface area contributed by atoms with Gasteiger partial charge in [-0.25, -0.2) is 8.42 Å². The van der Waals surface area contributed by atoms with Gasteiger partial charge in [-0.15, -0.1) is 0 Å². The molecule has 0 aliphatic rings. The summed E-state index contributed by atoms with van der Waals surface area (Å²) in [5, 5.41) is 6.15. The Hall–Kier alpha value is -1.47. The zero-order valence-corrected chi connectivity index (χ0v) is 17.1. The van der Waals surface area contributed by atoms with E-state index in [2.05, 4.69) is 38.3 Å². The third kappa shape index (κ3) is 6.08. The number of hydrogen-bond donors (Lipinski definition) is 2. The number of nitrogens with one attached hydrogen (secondary N) is 2. The number of anilines is 1. The van der Waals surface area contributed by atoms with E-state index in [1.165, 1.54) is 19.2 Å². The average molecular weight is 391 g/mol. The summed E-state index contributed by atoms with van der Waals surface area (Å²) in [4.78, 5) is 12.2. The monoisotopic (exact) mass is 390 g/mol. The molecule has 0 fully saturated rings. The number of amides is 1. The Balaban J connectivity index is 2.97. The molecule has 25 heavy (non-hydrogen) atoms. The van der Waals surface area contributed by atoms with Crippen LogP contribution in [0.15, 0.2) is 17.0 Å². The molecule has 0 heterocycles. The molecule has 8 heteroatoms. The van der Waals surface area contributed by atoms with Crippen LogP contribution in [0.5, 0.6) is 5.75 Å². The fourth-order valence-corrected chi connectivity index (χ4v) is 3.86. The van der Waals surface area contributed by atoms with E-state index in [-0.39, 0.29) is 34.2 Å². The summed E-state index contributed by atoms with van der Waals surface area (Å²) in [6.45, 7) is 8.19. The minimum Gasteiger partial charge on any atom is -0.493 e. The average Bonchev–Trinajstić information content (AvgIpc) is 2.48. The Morgan fingerprint density at radius 3 is 2.20 bits per heavy atom. The Labute approximate surface area is 155 Å². The lowest BCUT2D eigenvalue weighted by atomic mass is 9.93. The van der Waals surface area contributed by atoms with Gasteiger partial charge in [-0.3, -0.25) is 4.79 Å². The lowest BCUT2D eigenvalue weighted by Crippen LogP contribution is -2.44. The van der Waals surface area contributed by atoms with E-state index in [0.717, 1.165) is 6.26 Å². The number of ether oxygens (including phenoxy) is 1. The molecule has 0 spiro atoms. The van der Waals surface area contributed by atoms with Gasteiger partial charge in [-0.2, -0.15) is 0 Å². The van der Waals surface area contributed by atoms with Crippen molar-refractivity contribution in [2.24, 2.45) is 11.8 Å². The molecule has 0 saturated heterocycles. The summed E-state index contributed by atoms with van der Waals surface area (Å²) in [6, 6.07) is 2.92. The molecule has 1 aromatic carbocycles. The van der Waals surface area contributed by atoms with Crippen molar-refractivity contribution in [3.05, 3.63) is 17.2 Å². The van der Waals surface area contributed by atoms with Crippen LogP contribution >= 0.6 is 11.6 Å². The molecule has 1 rings (SSSR count). The molecule has 0 unspecified atom stereocenters. The molecular formula is C17H27ClN2O4S. The van der Waals surface area contributed by atoms with Gasteiger partial charge in [0.25, 0.3) is 0 Å². The summed E-state index contributed by atoms with van der Waals surface area (Å²) in [6.07, 6.45) is 1.08. The van der Waals surface area contributed by atoms with E-state index in [0.29, 0.717) is 17.5 Å². The maximum Gasteiger partial charge on any atom is 0.239 e. The normalized spacial score (nSPS) is 11.9. The van der Waals surface area contributed by atoms with Gasteiger partial charge in [0.1, 0.15) is 4.90 Å². The summed E-state index contributed by atoms with van der Waals surface area (Å²) in [7, 11) is -2.15. The van der Waals surface area contributed by atoms with Crippen LogP contribution in [-0.4, -0.2) is 40.3 Å². The van der Waals surface area contributed by atoms with E-state index in [1.807, 2.05) is 0 Å². The Kier molecular flexibility index (Phi) is 7.56. The number of carbonyl (C=O) groups is 1. The molecule has 0 bridgehead atoms. The number of methoxy groups -OCH3 is 1. The van der Waals surface area contributed by atoms with Crippen molar-refractivity contribution in [2.45, 2.75) is 38.6 Å². The summed E-state index contributed by atoms with van der Waals surface area (Å²) in [5.74, 6) is 0.572. The van der Waals surface area contributed by atoms with E-state index in [1.54, 1.807) is 0 Å². The highest BCUT2D eigenvalue weighted by molar-refractivity contribution is 7.90. The van der Waals surface area contributed by atoms with Crippen LogP contribution < -0.4 is 15.4 Å². The predicted molar refractivity (Wildman–Crippen MR) is 101 cm³/mol. The quantitative estimate of drug-likeness (QED) is 0.712. The highest BCUT2D eigenvalue weighted by atomic mass is 35.5. The topological polar surface area (TPSA) is 84.5 Å². The number of halogens is 1. The first-order valence-corrected chi connectivity index (χ1v) is 10.3. The second-order valence-electron chi connectivity index (χ2n) is 6.69. The first-order chi connectivity index (χ1) is 11.5. The number of hydrogen-bond acceptors (Lipinski definition) is 5. The van der Waals surface area contributed by atoms with Gasteiger partial charge in [-0.1, -0.05) is 39.3 Å². The van der Waals surface area contributed by atoms with Crippen LogP contribution in [0.3, 0.4) is 0 Å². The summed E-state index contributed by atoms with van der Waals surface area (Å²) < 4.78 is 29.0. The SMILES string of the molecule is COc1c(NCC(=O)NC(C(C)C)C(C)C)cc(Cl)cc1S(C)(=O)=O. The van der Waals surface area contributed by atoms with Gasteiger partial charge < -0.3 is 15.4 Å². The van der Waals surface area contributed by atoms with Gasteiger partial charge in [0.2, 0.25) is 5.91 Å². The fourth-order valence-electron chi connectivity index (χ4n) is 2.70. The van der Waals surface area contributed by atoms with Crippen LogP contribution in [0, 0.1) is 11.8 Å². The van der Waals surface area contributed by atoms with Gasteiger partial charge in [0.05, 0.1) is 19.3 Å². The first kappa shape index (κ1) is 21.6. The third-order valence-corrected chi connectivity index (χ3v) is 5.15. The van der Waals surface area contributed by atoms with Gasteiger partial charge >= 0.3 is 0 Å². The Morgan fingerprint density at radius 2 is 1.76 bits per heavy atom. The number of carbonyl (C=O) groups excluding carboxylic acids is 1. The Morgan fingerprint density at radius 1 is 1.20 bits per heavy atom. The van der Waals surface area contributed by atoms with E-state index in [9.17, 15) is 13.2 Å². The molecule has 1 aromatic rings. The highest BCUT2D eigenvalue weighted by Crippen LogP contribution is 2.35. The van der Waals surface area contributed by atoms with E-state index in [4.69, 9.17) is 16.3 Å². The van der Waals surface area contributed by atoms with Crippen LogP contribution in [0.2, 0.25) is 5.02 Å². The lowest BCUT2D eigenvalue weighted by molar-refractivity contribution is -0.120. The van der Waals surface area contributed by atoms with Crippen LogP contribution in [0.1, 0.15) is 27.7 Å². The maximum atomic E-state index is 12.2. The predicted octanol–water partition coefficient (Wildman–Crippen LogP) is 2.96. The van der Waals surface area contributed by atoms with Crippen molar-refractivity contribution in [1.29, 1.82) is 0 Å². The molecule has 2 N–H and O–H groups in total. The second kappa shape index (κ2) is 8.76. The Bertz CT molecular complexity index is 710. The second-order valence-corrected chi connectivity index (χ2v) is 9.11. The summed E-state index contributed by atoms with van der Waals surface area (Å²) in [5.41, 5.74) is 0.358. The zero-order chi connectivity index (χ0) is 19.4. The number of rotatable bonds is 8. The molecular weight excluding hydrogens is 364 g/mol. The molecule has 0 aliphatic carbocycles. The molecule has 0 atom stereocenters. The van der Waals surface area contributed by atoms with Crippen LogP contribution in [0.4, 0.5) is 5.69 Å². The van der Waals surface area contributed by atoms with Crippen molar-refractivity contribution >= 4 is 33.0 Å². The van der Waals surface area contributed by atoms with Gasteiger partial charge in [-0.05, 0) is 24.0 Å². The van der Waals surface area contributed by atoms with E-state index >= 15 is 0 Å². The fraction of sp³-hybridized carbons (Fsp3) is 0.588. The van der Waals surface area contributed by atoms with Crippen molar-refractivity contribution in [1.82, 2.24) is 5.32 Å². The van der Waals surface area contributed by atoms with E-state index < -0.39 is 9.84 Å².